The number of alkyl halides is 2. The quantitative estimate of drug-likeness (QED) is 0.607. The van der Waals surface area contributed by atoms with Crippen molar-refractivity contribution in [3.05, 3.63) is 47.0 Å². The Hall–Kier alpha value is -2.58. The molecule has 0 atom stereocenters. The Morgan fingerprint density at radius 3 is 2.55 bits per heavy atom. The first-order valence-corrected chi connectivity index (χ1v) is 9.22. The van der Waals surface area contributed by atoms with Crippen molar-refractivity contribution in [3.8, 4) is 17.2 Å². The first-order valence-electron chi connectivity index (χ1n) is 8.84. The lowest BCUT2D eigenvalue weighted by atomic mass is 10.2. The fourth-order valence-corrected chi connectivity index (χ4v) is 2.86. The summed E-state index contributed by atoms with van der Waals surface area (Å²) in [5.41, 5.74) is 1.26. The van der Waals surface area contributed by atoms with E-state index in [-0.39, 0.29) is 24.0 Å². The molecule has 1 N–H and O–H groups in total. The van der Waals surface area contributed by atoms with Crippen LogP contribution in [0.2, 0.25) is 5.02 Å². The number of anilines is 1. The number of rotatable bonds is 10. The van der Waals surface area contributed by atoms with Crippen LogP contribution in [0.15, 0.2) is 36.4 Å². The highest BCUT2D eigenvalue weighted by Gasteiger charge is 2.14. The van der Waals surface area contributed by atoms with Gasteiger partial charge in [0.15, 0.2) is 11.5 Å². The van der Waals surface area contributed by atoms with Crippen molar-refractivity contribution in [1.29, 1.82) is 0 Å². The van der Waals surface area contributed by atoms with E-state index in [1.54, 1.807) is 49.2 Å². The molecule has 1 amide bonds. The van der Waals surface area contributed by atoms with E-state index >= 15 is 0 Å². The van der Waals surface area contributed by atoms with Crippen LogP contribution in [0.25, 0.3) is 0 Å². The second-order valence-electron chi connectivity index (χ2n) is 6.16. The SMILES string of the molecule is CCOc1cc(CN(C)CC(=O)Nc2cc(Cl)ccc2OC)ccc1OC(F)F. The topological polar surface area (TPSA) is 60.0 Å². The molecule has 0 bridgehead atoms. The minimum Gasteiger partial charge on any atom is -0.495 e. The molecule has 2 aromatic carbocycles. The summed E-state index contributed by atoms with van der Waals surface area (Å²) < 4.78 is 40.1. The first kappa shape index (κ1) is 22.7. The third-order valence-corrected chi connectivity index (χ3v) is 4.06. The molecule has 0 saturated heterocycles. The molecule has 0 aliphatic heterocycles. The number of carbonyl (C=O) groups is 1. The van der Waals surface area contributed by atoms with Crippen LogP contribution in [0.5, 0.6) is 17.2 Å². The number of likely N-dealkylation sites (N-methyl/N-ethyl adjacent to an activating group) is 1. The van der Waals surface area contributed by atoms with Crippen LogP contribution in [-0.2, 0) is 11.3 Å². The number of methoxy groups -OCH3 is 1. The van der Waals surface area contributed by atoms with E-state index in [2.05, 4.69) is 10.1 Å². The van der Waals surface area contributed by atoms with E-state index in [0.29, 0.717) is 29.6 Å². The van der Waals surface area contributed by atoms with Gasteiger partial charge in [0.25, 0.3) is 0 Å². The van der Waals surface area contributed by atoms with Crippen molar-refractivity contribution in [2.75, 3.05) is 32.6 Å². The second-order valence-corrected chi connectivity index (χ2v) is 6.59. The zero-order valence-corrected chi connectivity index (χ0v) is 17.1. The molecule has 158 valence electrons. The van der Waals surface area contributed by atoms with Crippen molar-refractivity contribution in [1.82, 2.24) is 4.90 Å². The van der Waals surface area contributed by atoms with Crippen molar-refractivity contribution in [2.45, 2.75) is 20.1 Å². The van der Waals surface area contributed by atoms with E-state index in [0.717, 1.165) is 5.56 Å². The van der Waals surface area contributed by atoms with Crippen LogP contribution in [0.1, 0.15) is 12.5 Å². The number of hydrogen-bond acceptors (Lipinski definition) is 5. The molecule has 0 aliphatic rings. The average molecular weight is 429 g/mol. The molecular weight excluding hydrogens is 406 g/mol. The van der Waals surface area contributed by atoms with E-state index in [1.807, 2.05) is 0 Å². The summed E-state index contributed by atoms with van der Waals surface area (Å²) in [5.74, 6) is 0.447. The predicted octanol–water partition coefficient (Wildman–Crippen LogP) is 4.42. The molecule has 0 aromatic heterocycles. The van der Waals surface area contributed by atoms with Gasteiger partial charge in [-0.3, -0.25) is 9.69 Å². The summed E-state index contributed by atoms with van der Waals surface area (Å²) in [7, 11) is 3.26. The number of carbonyl (C=O) groups excluding carboxylic acids is 1. The number of nitrogens with one attached hydrogen (secondary N) is 1. The Balaban J connectivity index is 2.01. The lowest BCUT2D eigenvalue weighted by molar-refractivity contribution is -0.117. The smallest absolute Gasteiger partial charge is 0.387 e. The van der Waals surface area contributed by atoms with Gasteiger partial charge in [-0.1, -0.05) is 17.7 Å². The van der Waals surface area contributed by atoms with Crippen LogP contribution >= 0.6 is 11.6 Å². The number of amides is 1. The molecule has 0 spiro atoms. The van der Waals surface area contributed by atoms with Crippen LogP contribution < -0.4 is 19.5 Å². The Labute approximate surface area is 173 Å². The highest BCUT2D eigenvalue weighted by atomic mass is 35.5. The Morgan fingerprint density at radius 1 is 1.17 bits per heavy atom. The van der Waals surface area contributed by atoms with Crippen LogP contribution in [0.3, 0.4) is 0 Å². The summed E-state index contributed by atoms with van der Waals surface area (Å²) in [6.07, 6.45) is 0. The normalized spacial score (nSPS) is 10.9. The van der Waals surface area contributed by atoms with Crippen LogP contribution in [0, 0.1) is 0 Å². The van der Waals surface area contributed by atoms with Gasteiger partial charge in [0.1, 0.15) is 5.75 Å². The molecule has 6 nitrogen and oxygen atoms in total. The van der Waals surface area contributed by atoms with Crippen molar-refractivity contribution >= 4 is 23.2 Å². The van der Waals surface area contributed by atoms with Gasteiger partial charge in [-0.2, -0.15) is 8.78 Å². The number of hydrogen-bond donors (Lipinski definition) is 1. The number of ether oxygens (including phenoxy) is 3. The Morgan fingerprint density at radius 2 is 1.90 bits per heavy atom. The van der Waals surface area contributed by atoms with E-state index in [9.17, 15) is 13.6 Å². The molecule has 0 radical (unpaired) electrons. The Bertz CT molecular complexity index is 836. The first-order chi connectivity index (χ1) is 13.8. The van der Waals surface area contributed by atoms with Gasteiger partial charge < -0.3 is 19.5 Å². The van der Waals surface area contributed by atoms with Gasteiger partial charge >= 0.3 is 6.61 Å². The molecular formula is C20H23ClF2N2O4. The summed E-state index contributed by atoms with van der Waals surface area (Å²) >= 11 is 5.97. The van der Waals surface area contributed by atoms with E-state index < -0.39 is 6.61 Å². The third-order valence-electron chi connectivity index (χ3n) is 3.83. The molecule has 2 rings (SSSR count). The van der Waals surface area contributed by atoms with Gasteiger partial charge in [0.05, 0.1) is 25.9 Å². The average Bonchev–Trinajstić information content (AvgIpc) is 2.63. The third kappa shape index (κ3) is 7.07. The van der Waals surface area contributed by atoms with Crippen molar-refractivity contribution in [2.24, 2.45) is 0 Å². The minimum atomic E-state index is -2.94. The highest BCUT2D eigenvalue weighted by molar-refractivity contribution is 6.31. The zero-order chi connectivity index (χ0) is 21.4. The molecule has 0 fully saturated rings. The molecule has 9 heteroatoms. The molecule has 29 heavy (non-hydrogen) atoms. The van der Waals surface area contributed by atoms with Crippen LogP contribution in [0.4, 0.5) is 14.5 Å². The van der Waals surface area contributed by atoms with Gasteiger partial charge in [0, 0.05) is 11.6 Å². The monoisotopic (exact) mass is 428 g/mol. The summed E-state index contributed by atoms with van der Waals surface area (Å²) in [6.45, 7) is -0.387. The summed E-state index contributed by atoms with van der Waals surface area (Å²) in [5, 5.41) is 3.24. The van der Waals surface area contributed by atoms with Gasteiger partial charge in [0.2, 0.25) is 5.91 Å². The largest absolute Gasteiger partial charge is 0.495 e. The van der Waals surface area contributed by atoms with Crippen molar-refractivity contribution in [3.63, 3.8) is 0 Å². The van der Waals surface area contributed by atoms with E-state index in [1.165, 1.54) is 13.2 Å². The van der Waals surface area contributed by atoms with Gasteiger partial charge in [-0.15, -0.1) is 0 Å². The summed E-state index contributed by atoms with van der Waals surface area (Å²) in [4.78, 5) is 14.1. The second kappa shape index (κ2) is 10.8. The fourth-order valence-electron chi connectivity index (χ4n) is 2.69. The number of halogens is 3. The highest BCUT2D eigenvalue weighted by Crippen LogP contribution is 2.30. The van der Waals surface area contributed by atoms with E-state index in [4.69, 9.17) is 21.1 Å². The van der Waals surface area contributed by atoms with Gasteiger partial charge in [-0.25, -0.2) is 0 Å². The standard InChI is InChI=1S/C20H23ClF2N2O4/c1-4-28-18-9-13(5-7-17(18)29-20(22)23)11-25(2)12-19(26)24-15-10-14(21)6-8-16(15)27-3/h5-10,20H,4,11-12H2,1-3H3,(H,24,26). The fraction of sp³-hybridized carbons (Fsp3) is 0.350. The molecule has 0 aliphatic carbocycles. The minimum absolute atomic E-state index is 0.0287. The molecule has 2 aromatic rings. The lowest BCUT2D eigenvalue weighted by Gasteiger charge is -2.18. The lowest BCUT2D eigenvalue weighted by Crippen LogP contribution is -2.30. The van der Waals surface area contributed by atoms with Crippen molar-refractivity contribution < 1.29 is 27.8 Å². The maximum atomic E-state index is 12.5. The predicted molar refractivity (Wildman–Crippen MR) is 107 cm³/mol. The summed E-state index contributed by atoms with van der Waals surface area (Å²) in [6, 6.07) is 9.63. The number of nitrogens with zero attached hydrogens (tertiary/aromatic N) is 1. The maximum Gasteiger partial charge on any atom is 0.387 e. The Kier molecular flexibility index (Phi) is 8.48. The number of benzene rings is 2. The van der Waals surface area contributed by atoms with Crippen LogP contribution in [-0.4, -0.2) is 44.7 Å². The molecule has 0 heterocycles. The zero-order valence-electron chi connectivity index (χ0n) is 16.4. The van der Waals surface area contributed by atoms with Gasteiger partial charge in [-0.05, 0) is 49.9 Å². The molecule has 0 unspecified atom stereocenters. The molecule has 0 saturated carbocycles. The maximum absolute atomic E-state index is 12.5.